The molecule has 0 saturated heterocycles. The largest absolute Gasteiger partial charge is 0.383 e. The number of benzene rings is 1. The summed E-state index contributed by atoms with van der Waals surface area (Å²) in [5, 5.41) is 10.8. The molecule has 1 atom stereocenters. The third-order valence-electron chi connectivity index (χ3n) is 2.97. The highest BCUT2D eigenvalue weighted by Gasteiger charge is 2.15. The van der Waals surface area contributed by atoms with Crippen molar-refractivity contribution in [3.8, 4) is 0 Å². The Morgan fingerprint density at radius 2 is 2.15 bits per heavy atom. The van der Waals surface area contributed by atoms with Crippen molar-refractivity contribution in [1.29, 1.82) is 0 Å². The number of aromatic nitrogens is 2. The second kappa shape index (κ2) is 5.25. The molecule has 0 aliphatic rings. The highest BCUT2D eigenvalue weighted by atomic mass is 16.6. The van der Waals surface area contributed by atoms with E-state index in [1.54, 1.807) is 6.92 Å². The molecule has 0 bridgehead atoms. The molecule has 0 fully saturated rings. The Bertz CT molecular complexity index is 777. The maximum absolute atomic E-state index is 12.3. The quantitative estimate of drug-likeness (QED) is 0.658. The lowest BCUT2D eigenvalue weighted by Gasteiger charge is -2.13. The number of hydrogen-bond acceptors (Lipinski definition) is 5. The van der Waals surface area contributed by atoms with E-state index < -0.39 is 22.2 Å². The fourth-order valence-electron chi connectivity index (χ4n) is 2.05. The Labute approximate surface area is 112 Å². The number of H-pyrrole nitrogens is 1. The molecular weight excluding hydrogens is 266 g/mol. The summed E-state index contributed by atoms with van der Waals surface area (Å²) in [4.78, 5) is 36.9. The fraction of sp³-hybridized carbons (Fsp3) is 0.333. The summed E-state index contributed by atoms with van der Waals surface area (Å²) in [6.07, 6.45) is 0. The first-order valence-corrected chi connectivity index (χ1v) is 5.87. The van der Waals surface area contributed by atoms with Gasteiger partial charge >= 0.3 is 5.69 Å². The number of nitro groups is 1. The van der Waals surface area contributed by atoms with E-state index in [2.05, 4.69) is 4.98 Å². The Balaban J connectivity index is 2.75. The van der Waals surface area contributed by atoms with E-state index in [1.165, 1.54) is 19.2 Å². The number of ether oxygens (including phenoxy) is 1. The van der Waals surface area contributed by atoms with Gasteiger partial charge in [-0.2, -0.15) is 0 Å². The maximum atomic E-state index is 12.3. The monoisotopic (exact) mass is 279 g/mol. The summed E-state index contributed by atoms with van der Waals surface area (Å²) in [6, 6.07) is 3.27. The average Bonchev–Trinajstić information content (AvgIpc) is 2.38. The van der Waals surface area contributed by atoms with Crippen molar-refractivity contribution in [2.75, 3.05) is 13.7 Å². The molecule has 1 aromatic heterocycles. The number of nitrogens with one attached hydrogen (secondary N) is 1. The van der Waals surface area contributed by atoms with Gasteiger partial charge in [-0.3, -0.25) is 19.5 Å². The minimum atomic E-state index is -0.590. The van der Waals surface area contributed by atoms with Crippen LogP contribution in [-0.2, 0) is 4.74 Å². The number of aromatic amines is 1. The first-order valence-electron chi connectivity index (χ1n) is 5.87. The van der Waals surface area contributed by atoms with Crippen LogP contribution in [0.2, 0.25) is 0 Å². The van der Waals surface area contributed by atoms with Gasteiger partial charge in [0.25, 0.3) is 11.2 Å². The van der Waals surface area contributed by atoms with Gasteiger partial charge in [-0.25, -0.2) is 4.79 Å². The lowest BCUT2D eigenvalue weighted by atomic mass is 10.2. The predicted octanol–water partition coefficient (Wildman–Crippen LogP) is 0.805. The van der Waals surface area contributed by atoms with E-state index in [9.17, 15) is 19.7 Å². The van der Waals surface area contributed by atoms with Crippen LogP contribution in [0.15, 0.2) is 27.8 Å². The summed E-state index contributed by atoms with van der Waals surface area (Å²) in [7, 11) is 1.46. The molecular formula is C12H13N3O5. The van der Waals surface area contributed by atoms with Crippen molar-refractivity contribution in [3.63, 3.8) is 0 Å². The summed E-state index contributed by atoms with van der Waals surface area (Å²) in [5.74, 6) is 0. The smallest absolute Gasteiger partial charge is 0.329 e. The maximum Gasteiger partial charge on any atom is 0.329 e. The van der Waals surface area contributed by atoms with Crippen molar-refractivity contribution >= 4 is 16.6 Å². The van der Waals surface area contributed by atoms with Crippen LogP contribution >= 0.6 is 0 Å². The van der Waals surface area contributed by atoms with Crippen LogP contribution in [0.3, 0.4) is 0 Å². The van der Waals surface area contributed by atoms with E-state index in [1.807, 2.05) is 0 Å². The molecule has 0 saturated carbocycles. The van der Waals surface area contributed by atoms with Crippen molar-refractivity contribution in [2.24, 2.45) is 0 Å². The second-order valence-corrected chi connectivity index (χ2v) is 4.40. The number of nitrogens with zero attached hydrogens (tertiary/aromatic N) is 2. The highest BCUT2D eigenvalue weighted by Crippen LogP contribution is 2.16. The van der Waals surface area contributed by atoms with E-state index in [4.69, 9.17) is 4.74 Å². The van der Waals surface area contributed by atoms with Gasteiger partial charge in [-0.05, 0) is 13.0 Å². The third kappa shape index (κ3) is 2.32. The van der Waals surface area contributed by atoms with Gasteiger partial charge in [0, 0.05) is 19.2 Å². The van der Waals surface area contributed by atoms with Gasteiger partial charge in [-0.15, -0.1) is 0 Å². The highest BCUT2D eigenvalue weighted by molar-refractivity contribution is 5.79. The van der Waals surface area contributed by atoms with Gasteiger partial charge in [0.2, 0.25) is 0 Å². The lowest BCUT2D eigenvalue weighted by molar-refractivity contribution is -0.384. The predicted molar refractivity (Wildman–Crippen MR) is 72.1 cm³/mol. The summed E-state index contributed by atoms with van der Waals surface area (Å²) >= 11 is 0. The molecule has 0 aliphatic carbocycles. The third-order valence-corrected chi connectivity index (χ3v) is 2.97. The van der Waals surface area contributed by atoms with Crippen LogP contribution in [0.5, 0.6) is 0 Å². The summed E-state index contributed by atoms with van der Waals surface area (Å²) in [6.45, 7) is 1.84. The topological polar surface area (TPSA) is 107 Å². The van der Waals surface area contributed by atoms with E-state index in [0.717, 1.165) is 10.6 Å². The number of hydrogen-bond donors (Lipinski definition) is 1. The van der Waals surface area contributed by atoms with Gasteiger partial charge in [0.15, 0.2) is 0 Å². The molecule has 0 unspecified atom stereocenters. The minimum absolute atomic E-state index is 0.0988. The molecule has 20 heavy (non-hydrogen) atoms. The molecule has 2 aromatic rings. The number of methoxy groups -OCH3 is 1. The number of non-ortho nitro benzene ring substituents is 1. The van der Waals surface area contributed by atoms with Crippen LogP contribution < -0.4 is 11.2 Å². The van der Waals surface area contributed by atoms with Crippen molar-refractivity contribution in [1.82, 2.24) is 9.55 Å². The summed E-state index contributed by atoms with van der Waals surface area (Å²) < 4.78 is 5.92. The Morgan fingerprint density at radius 3 is 2.75 bits per heavy atom. The van der Waals surface area contributed by atoms with Gasteiger partial charge in [-0.1, -0.05) is 0 Å². The Kier molecular flexibility index (Phi) is 3.66. The number of nitro benzene ring substituents is 1. The molecule has 2 rings (SSSR count). The first kappa shape index (κ1) is 13.9. The molecule has 106 valence electrons. The van der Waals surface area contributed by atoms with Crippen molar-refractivity contribution < 1.29 is 9.66 Å². The van der Waals surface area contributed by atoms with E-state index >= 15 is 0 Å². The Hall–Kier alpha value is -2.48. The van der Waals surface area contributed by atoms with Crippen molar-refractivity contribution in [2.45, 2.75) is 13.0 Å². The molecule has 1 N–H and O–H groups in total. The molecule has 1 heterocycles. The van der Waals surface area contributed by atoms with Crippen LogP contribution in [0, 0.1) is 10.1 Å². The molecule has 0 radical (unpaired) electrons. The van der Waals surface area contributed by atoms with Gasteiger partial charge in [0.05, 0.1) is 28.5 Å². The number of rotatable bonds is 4. The standard InChI is InChI=1S/C12H13N3O5/c1-7(6-20-2)14-11(16)9-5-8(15(18)19)3-4-10(9)13-12(14)17/h3-5,7H,6H2,1-2H3,(H,13,17)/t7-/m1/s1. The average molecular weight is 279 g/mol. The zero-order chi connectivity index (χ0) is 14.9. The molecule has 0 amide bonds. The molecule has 8 nitrogen and oxygen atoms in total. The SMILES string of the molecule is COC[C@@H](C)n1c(=O)[nH]c2ccc([N+](=O)[O-])cc2c1=O. The lowest BCUT2D eigenvalue weighted by Crippen LogP contribution is -2.38. The van der Waals surface area contributed by atoms with Crippen LogP contribution in [0.25, 0.3) is 10.9 Å². The molecule has 0 aliphatic heterocycles. The molecule has 8 heteroatoms. The number of fused-ring (bicyclic) bond motifs is 1. The van der Waals surface area contributed by atoms with Crippen molar-refractivity contribution in [3.05, 3.63) is 49.2 Å². The van der Waals surface area contributed by atoms with Gasteiger partial charge in [0.1, 0.15) is 0 Å². The zero-order valence-corrected chi connectivity index (χ0v) is 11.0. The molecule has 1 aromatic carbocycles. The van der Waals surface area contributed by atoms with E-state index in [-0.39, 0.29) is 23.2 Å². The summed E-state index contributed by atoms with van der Waals surface area (Å²) in [5.41, 5.74) is -1.07. The molecule has 0 spiro atoms. The van der Waals surface area contributed by atoms with Crippen LogP contribution in [0.1, 0.15) is 13.0 Å². The van der Waals surface area contributed by atoms with Crippen LogP contribution in [-0.4, -0.2) is 28.2 Å². The first-order chi connectivity index (χ1) is 9.45. The van der Waals surface area contributed by atoms with Gasteiger partial charge < -0.3 is 9.72 Å². The fourth-order valence-corrected chi connectivity index (χ4v) is 2.05. The minimum Gasteiger partial charge on any atom is -0.383 e. The zero-order valence-electron chi connectivity index (χ0n) is 11.0. The van der Waals surface area contributed by atoms with E-state index in [0.29, 0.717) is 0 Å². The normalized spacial score (nSPS) is 12.5. The Morgan fingerprint density at radius 1 is 1.45 bits per heavy atom. The van der Waals surface area contributed by atoms with Crippen LogP contribution in [0.4, 0.5) is 5.69 Å². The second-order valence-electron chi connectivity index (χ2n) is 4.40.